The Kier molecular flexibility index (Phi) is 6.52. The topological polar surface area (TPSA) is 70.9 Å². The minimum absolute atomic E-state index is 0.0500. The van der Waals surface area contributed by atoms with E-state index in [0.29, 0.717) is 38.3 Å². The molecule has 1 atom stereocenters. The van der Waals surface area contributed by atoms with Crippen LogP contribution in [0.15, 0.2) is 77.6 Å². The third-order valence-electron chi connectivity index (χ3n) is 5.86. The first kappa shape index (κ1) is 23.7. The van der Waals surface area contributed by atoms with Gasteiger partial charge in [-0.3, -0.25) is 4.79 Å². The number of aromatic amines is 1. The SMILES string of the molecule is O=C(Cc1c[nH]c2ccc(F)cc12)N[C@@H](Cc1cc(F)cc(F)c1)c1nocc1-c1ccc(Cl)cc1. The Morgan fingerprint density at radius 1 is 1.00 bits per heavy atom. The monoisotopic (exact) mass is 509 g/mol. The number of nitrogens with zero attached hydrogens (tertiary/aromatic N) is 1. The van der Waals surface area contributed by atoms with Gasteiger partial charge in [-0.05, 0) is 65.6 Å². The van der Waals surface area contributed by atoms with Crippen molar-refractivity contribution in [3.63, 3.8) is 0 Å². The highest BCUT2D eigenvalue weighted by Gasteiger charge is 2.24. The molecule has 1 amide bonds. The molecule has 9 heteroatoms. The van der Waals surface area contributed by atoms with Crippen LogP contribution in [-0.4, -0.2) is 16.0 Å². The molecule has 0 aliphatic carbocycles. The minimum Gasteiger partial charge on any atom is -0.364 e. The van der Waals surface area contributed by atoms with Gasteiger partial charge in [0.05, 0.1) is 12.5 Å². The van der Waals surface area contributed by atoms with Crippen molar-refractivity contribution in [1.82, 2.24) is 15.5 Å². The van der Waals surface area contributed by atoms with Crippen molar-refractivity contribution in [3.05, 3.63) is 112 Å². The van der Waals surface area contributed by atoms with Crippen LogP contribution in [0, 0.1) is 17.5 Å². The molecule has 0 bridgehead atoms. The molecule has 0 aliphatic heterocycles. The zero-order valence-corrected chi connectivity index (χ0v) is 19.5. The van der Waals surface area contributed by atoms with E-state index in [4.69, 9.17) is 16.1 Å². The summed E-state index contributed by atoms with van der Waals surface area (Å²) in [4.78, 5) is 16.1. The smallest absolute Gasteiger partial charge is 0.225 e. The van der Waals surface area contributed by atoms with Gasteiger partial charge in [-0.2, -0.15) is 0 Å². The number of fused-ring (bicyclic) bond motifs is 1. The normalized spacial score (nSPS) is 12.1. The van der Waals surface area contributed by atoms with Crippen LogP contribution in [-0.2, 0) is 17.6 Å². The molecule has 182 valence electrons. The quantitative estimate of drug-likeness (QED) is 0.262. The van der Waals surface area contributed by atoms with Gasteiger partial charge in [-0.1, -0.05) is 28.9 Å². The summed E-state index contributed by atoms with van der Waals surface area (Å²) in [6, 6.07) is 13.7. The maximum atomic E-state index is 13.9. The maximum Gasteiger partial charge on any atom is 0.225 e. The molecule has 2 N–H and O–H groups in total. The van der Waals surface area contributed by atoms with Gasteiger partial charge < -0.3 is 14.8 Å². The number of hydrogen-bond donors (Lipinski definition) is 2. The second-order valence-electron chi connectivity index (χ2n) is 8.40. The van der Waals surface area contributed by atoms with Crippen LogP contribution in [0.2, 0.25) is 5.02 Å². The Balaban J connectivity index is 1.46. The van der Waals surface area contributed by atoms with E-state index in [-0.39, 0.29) is 18.7 Å². The van der Waals surface area contributed by atoms with Crippen molar-refractivity contribution in [3.8, 4) is 11.1 Å². The summed E-state index contributed by atoms with van der Waals surface area (Å²) in [7, 11) is 0. The molecule has 5 nitrogen and oxygen atoms in total. The van der Waals surface area contributed by atoms with Gasteiger partial charge in [0.1, 0.15) is 29.4 Å². The molecule has 2 heterocycles. The number of benzene rings is 3. The largest absolute Gasteiger partial charge is 0.364 e. The molecule has 0 saturated heterocycles. The molecule has 0 aliphatic rings. The summed E-state index contributed by atoms with van der Waals surface area (Å²) in [5.41, 5.74) is 3.37. The molecule has 5 rings (SSSR count). The number of aromatic nitrogens is 2. The fourth-order valence-corrected chi connectivity index (χ4v) is 4.36. The van der Waals surface area contributed by atoms with Crippen molar-refractivity contribution in [2.24, 2.45) is 0 Å². The van der Waals surface area contributed by atoms with E-state index in [1.165, 1.54) is 30.5 Å². The molecule has 0 spiro atoms. The third kappa shape index (κ3) is 5.13. The number of H-pyrrole nitrogens is 1. The van der Waals surface area contributed by atoms with Crippen LogP contribution in [0.5, 0.6) is 0 Å². The van der Waals surface area contributed by atoms with Gasteiger partial charge in [-0.25, -0.2) is 13.2 Å². The average Bonchev–Trinajstić information content (AvgIpc) is 3.46. The molecular formula is C27H19ClF3N3O2. The van der Waals surface area contributed by atoms with Gasteiger partial charge in [0, 0.05) is 33.8 Å². The highest BCUT2D eigenvalue weighted by Crippen LogP contribution is 2.31. The lowest BCUT2D eigenvalue weighted by atomic mass is 9.97. The number of hydrogen-bond acceptors (Lipinski definition) is 3. The third-order valence-corrected chi connectivity index (χ3v) is 6.11. The Morgan fingerprint density at radius 3 is 2.50 bits per heavy atom. The second-order valence-corrected chi connectivity index (χ2v) is 8.84. The summed E-state index contributed by atoms with van der Waals surface area (Å²) in [5.74, 6) is -2.25. The number of carbonyl (C=O) groups is 1. The molecule has 0 unspecified atom stereocenters. The van der Waals surface area contributed by atoms with Crippen LogP contribution in [0.1, 0.15) is 22.9 Å². The molecular weight excluding hydrogens is 491 g/mol. The Bertz CT molecular complexity index is 1530. The first-order chi connectivity index (χ1) is 17.4. The van der Waals surface area contributed by atoms with E-state index in [1.54, 1.807) is 36.5 Å². The maximum absolute atomic E-state index is 13.9. The Labute approximate surface area is 208 Å². The summed E-state index contributed by atoms with van der Waals surface area (Å²) >= 11 is 6.01. The molecule has 0 saturated carbocycles. The first-order valence-corrected chi connectivity index (χ1v) is 11.4. The lowest BCUT2D eigenvalue weighted by Gasteiger charge is -2.18. The first-order valence-electron chi connectivity index (χ1n) is 11.1. The van der Waals surface area contributed by atoms with E-state index >= 15 is 0 Å². The number of amides is 1. The van der Waals surface area contributed by atoms with Gasteiger partial charge in [0.2, 0.25) is 5.91 Å². The van der Waals surface area contributed by atoms with Crippen molar-refractivity contribution in [2.45, 2.75) is 18.9 Å². The van der Waals surface area contributed by atoms with Crippen molar-refractivity contribution in [1.29, 1.82) is 0 Å². The van der Waals surface area contributed by atoms with Crippen LogP contribution in [0.25, 0.3) is 22.0 Å². The number of rotatable bonds is 7. The van der Waals surface area contributed by atoms with Crippen molar-refractivity contribution in [2.75, 3.05) is 0 Å². The minimum atomic E-state index is -0.773. The zero-order chi connectivity index (χ0) is 25.2. The zero-order valence-electron chi connectivity index (χ0n) is 18.7. The Hall–Kier alpha value is -4.04. The molecule has 36 heavy (non-hydrogen) atoms. The summed E-state index contributed by atoms with van der Waals surface area (Å²) in [6.07, 6.45) is 3.09. The van der Waals surface area contributed by atoms with Gasteiger partial charge in [0.25, 0.3) is 0 Å². The summed E-state index contributed by atoms with van der Waals surface area (Å²) in [6.45, 7) is 0. The predicted molar refractivity (Wildman–Crippen MR) is 130 cm³/mol. The van der Waals surface area contributed by atoms with E-state index < -0.39 is 23.5 Å². The fourth-order valence-electron chi connectivity index (χ4n) is 4.24. The van der Waals surface area contributed by atoms with Crippen LogP contribution < -0.4 is 5.32 Å². The summed E-state index contributed by atoms with van der Waals surface area (Å²) < 4.78 is 46.8. The predicted octanol–water partition coefficient (Wildman–Crippen LogP) is 6.54. The van der Waals surface area contributed by atoms with E-state index in [9.17, 15) is 18.0 Å². The average molecular weight is 510 g/mol. The van der Waals surface area contributed by atoms with Crippen LogP contribution >= 0.6 is 11.6 Å². The molecule has 2 aromatic heterocycles. The number of nitrogens with one attached hydrogen (secondary N) is 2. The van der Waals surface area contributed by atoms with E-state index in [1.807, 2.05) is 0 Å². The van der Waals surface area contributed by atoms with Crippen molar-refractivity contribution < 1.29 is 22.5 Å². The van der Waals surface area contributed by atoms with Crippen LogP contribution in [0.4, 0.5) is 13.2 Å². The standard InChI is InChI=1S/C27H19ClF3N3O2/c28-18-3-1-16(2-4-18)23-14-36-34-27(23)25(9-15-7-20(30)11-21(31)8-15)33-26(35)10-17-13-32-24-6-5-19(29)12-22(17)24/h1-8,11-14,25,32H,9-10H2,(H,33,35)/t25-/m0/s1. The van der Waals surface area contributed by atoms with Gasteiger partial charge in [-0.15, -0.1) is 0 Å². The van der Waals surface area contributed by atoms with Gasteiger partial charge in [0.15, 0.2) is 0 Å². The number of carbonyl (C=O) groups excluding carboxylic acids is 1. The highest BCUT2D eigenvalue weighted by molar-refractivity contribution is 6.30. The summed E-state index contributed by atoms with van der Waals surface area (Å²) in [5, 5.41) is 8.15. The van der Waals surface area contributed by atoms with E-state index in [0.717, 1.165) is 11.6 Å². The lowest BCUT2D eigenvalue weighted by Crippen LogP contribution is -2.31. The lowest BCUT2D eigenvalue weighted by molar-refractivity contribution is -0.121. The van der Waals surface area contributed by atoms with Gasteiger partial charge >= 0.3 is 0 Å². The molecule has 5 aromatic rings. The Morgan fingerprint density at radius 2 is 1.75 bits per heavy atom. The second kappa shape index (κ2) is 9.91. The molecule has 3 aromatic carbocycles. The highest BCUT2D eigenvalue weighted by atomic mass is 35.5. The number of halogens is 4. The van der Waals surface area contributed by atoms with Crippen LogP contribution in [0.3, 0.4) is 0 Å². The van der Waals surface area contributed by atoms with Crippen molar-refractivity contribution >= 4 is 28.4 Å². The van der Waals surface area contributed by atoms with E-state index in [2.05, 4.69) is 15.5 Å². The molecule has 0 fully saturated rings. The fraction of sp³-hybridized carbons (Fsp3) is 0.111. The molecule has 0 radical (unpaired) electrons.